The van der Waals surface area contributed by atoms with Crippen molar-refractivity contribution in [2.75, 3.05) is 34.3 Å². The number of rotatable bonds is 5. The fraction of sp³-hybridized carbons (Fsp3) is 0.808. The predicted octanol–water partition coefficient (Wildman–Crippen LogP) is 1.39. The van der Waals surface area contributed by atoms with Crippen LogP contribution in [0.2, 0.25) is 0 Å². The zero-order valence-electron chi connectivity index (χ0n) is 24.0. The summed E-state index contributed by atoms with van der Waals surface area (Å²) in [4.78, 5) is 24.9. The van der Waals surface area contributed by atoms with E-state index in [-0.39, 0.29) is 18.9 Å². The van der Waals surface area contributed by atoms with Crippen LogP contribution in [-0.4, -0.2) is 83.2 Å². The monoisotopic (exact) mass is 479 g/mol. The molecule has 0 aliphatic heterocycles. The predicted molar refractivity (Wildman–Crippen MR) is 129 cm³/mol. The molecule has 0 saturated heterocycles. The summed E-state index contributed by atoms with van der Waals surface area (Å²) < 4.78 is 28.3. The maximum Gasteiger partial charge on any atom is 0.295 e. The van der Waals surface area contributed by atoms with Crippen molar-refractivity contribution >= 4 is 17.4 Å². The van der Waals surface area contributed by atoms with E-state index in [0.29, 0.717) is 42.3 Å². The first-order chi connectivity index (χ1) is 16.9. The van der Waals surface area contributed by atoms with Crippen LogP contribution in [-0.2, 0) is 9.59 Å². The Morgan fingerprint density at radius 3 is 2.62 bits per heavy atom. The number of hydrazone groups is 1. The van der Waals surface area contributed by atoms with Gasteiger partial charge in [0.1, 0.15) is 12.2 Å². The molecule has 0 aromatic carbocycles. The van der Waals surface area contributed by atoms with E-state index in [1.165, 1.54) is 6.92 Å². The highest BCUT2D eigenvalue weighted by Crippen LogP contribution is 2.67. The Kier molecular flexibility index (Phi) is 5.42. The van der Waals surface area contributed by atoms with Crippen LogP contribution in [0.25, 0.3) is 0 Å². The van der Waals surface area contributed by atoms with Gasteiger partial charge in [0.05, 0.1) is 33.0 Å². The van der Waals surface area contributed by atoms with Gasteiger partial charge in [0.25, 0.3) is 5.91 Å². The highest BCUT2D eigenvalue weighted by molar-refractivity contribution is 5.97. The number of nitrogens with zero attached hydrogens (tertiary/aromatic N) is 2. The standard InChI is InChI=1S/C26H41N3O5/c1-24-10-8-17(27-28-22(33)14-29(3,4)5)12-16(24)6-7-18-19-9-11-26(34,21(32)15-30)25(19,2)13-20(31)23(18)24/h12,18-20,23,30-31,34H,6-11,13-15H2,1-5H3/p+1/b27-17-/t18-,19-,20-,23+,24-,25-,26-/m0/s1/i13D2,23D. The van der Waals surface area contributed by atoms with Crippen LogP contribution in [0.3, 0.4) is 0 Å². The van der Waals surface area contributed by atoms with Crippen molar-refractivity contribution in [1.82, 2.24) is 5.43 Å². The lowest BCUT2D eigenvalue weighted by Gasteiger charge is -2.60. The number of quaternary nitrogens is 1. The number of hydrogen-bond acceptors (Lipinski definition) is 6. The summed E-state index contributed by atoms with van der Waals surface area (Å²) >= 11 is 0. The molecule has 0 bridgehead atoms. The molecule has 0 aromatic heterocycles. The molecule has 4 rings (SSSR count). The number of carbonyl (C=O) groups is 2. The summed E-state index contributed by atoms with van der Waals surface area (Å²) in [5.74, 6) is -3.57. The number of allylic oxidation sites excluding steroid dienone is 2. The average molecular weight is 480 g/mol. The quantitative estimate of drug-likeness (QED) is 0.351. The Balaban J connectivity index is 1.70. The van der Waals surface area contributed by atoms with Crippen molar-refractivity contribution in [1.29, 1.82) is 0 Å². The van der Waals surface area contributed by atoms with Crippen molar-refractivity contribution in [2.45, 2.75) is 70.5 Å². The van der Waals surface area contributed by atoms with Gasteiger partial charge in [-0.3, -0.25) is 9.59 Å². The fourth-order valence-corrected chi connectivity index (χ4v) is 7.11. The third kappa shape index (κ3) is 3.96. The first kappa shape index (κ1) is 21.7. The van der Waals surface area contributed by atoms with Gasteiger partial charge >= 0.3 is 0 Å². The summed E-state index contributed by atoms with van der Waals surface area (Å²) in [5, 5.41) is 37.0. The zero-order chi connectivity index (χ0) is 27.8. The Labute approximate surface area is 206 Å². The van der Waals surface area contributed by atoms with Crippen LogP contribution in [0.15, 0.2) is 16.8 Å². The lowest BCUT2D eigenvalue weighted by atomic mass is 9.45. The van der Waals surface area contributed by atoms with E-state index in [4.69, 9.17) is 2.74 Å². The maximum absolute atomic E-state index is 12.7. The summed E-state index contributed by atoms with van der Waals surface area (Å²) in [6, 6.07) is 0. The Morgan fingerprint density at radius 2 is 1.97 bits per heavy atom. The number of carbonyl (C=O) groups excluding carboxylic acids is 2. The molecule has 4 aliphatic rings. The lowest BCUT2D eigenvalue weighted by molar-refractivity contribution is -0.862. The minimum Gasteiger partial charge on any atom is -0.393 e. The molecule has 0 aromatic rings. The van der Waals surface area contributed by atoms with Gasteiger partial charge in [-0.05, 0) is 74.1 Å². The van der Waals surface area contributed by atoms with E-state index in [1.54, 1.807) is 0 Å². The van der Waals surface area contributed by atoms with E-state index < -0.39 is 59.0 Å². The first-order valence-corrected chi connectivity index (χ1v) is 12.3. The molecule has 8 heteroatoms. The second kappa shape index (κ2) is 8.50. The van der Waals surface area contributed by atoms with Crippen LogP contribution < -0.4 is 5.43 Å². The average Bonchev–Trinajstić information content (AvgIpc) is 3.09. The number of fused-ring (bicyclic) bond motifs is 5. The van der Waals surface area contributed by atoms with Crippen LogP contribution in [0, 0.1) is 28.6 Å². The second-order valence-electron chi connectivity index (χ2n) is 12.0. The van der Waals surface area contributed by atoms with Crippen molar-refractivity contribution < 1.29 is 33.5 Å². The lowest BCUT2D eigenvalue weighted by Crippen LogP contribution is -2.62. The third-order valence-corrected chi connectivity index (χ3v) is 8.87. The molecule has 1 amide bonds. The van der Waals surface area contributed by atoms with E-state index in [9.17, 15) is 26.3 Å². The normalized spacial score (nSPS) is 47.9. The molecule has 0 unspecified atom stereocenters. The Bertz CT molecular complexity index is 1060. The number of aliphatic hydroxyl groups is 3. The molecule has 0 heterocycles. The van der Waals surface area contributed by atoms with Gasteiger partial charge in [0.15, 0.2) is 12.3 Å². The summed E-state index contributed by atoms with van der Waals surface area (Å²) in [7, 11) is 5.74. The van der Waals surface area contributed by atoms with Gasteiger partial charge in [-0.15, -0.1) is 0 Å². The topological polar surface area (TPSA) is 119 Å². The van der Waals surface area contributed by atoms with Gasteiger partial charge in [-0.2, -0.15) is 5.10 Å². The summed E-state index contributed by atoms with van der Waals surface area (Å²) in [6.07, 6.45) is 0.0432. The van der Waals surface area contributed by atoms with Crippen LogP contribution in [0.4, 0.5) is 0 Å². The number of hydrogen-bond donors (Lipinski definition) is 4. The highest BCUT2D eigenvalue weighted by Gasteiger charge is 2.68. The smallest absolute Gasteiger partial charge is 0.295 e. The number of Topliss-reactive ketones (excluding diaryl/α,β-unsaturated/α-hetero) is 1. The molecule has 4 aliphatic carbocycles. The second-order valence-corrected chi connectivity index (χ2v) is 12.0. The van der Waals surface area contributed by atoms with Crippen molar-refractivity contribution in [3.05, 3.63) is 11.6 Å². The molecule has 8 nitrogen and oxygen atoms in total. The Hall–Kier alpha value is -1.61. The number of ketones is 1. The van der Waals surface area contributed by atoms with Crippen LogP contribution >= 0.6 is 0 Å². The molecule has 0 radical (unpaired) electrons. The summed E-state index contributed by atoms with van der Waals surface area (Å²) in [6.45, 7) is 2.79. The van der Waals surface area contributed by atoms with E-state index >= 15 is 0 Å². The van der Waals surface area contributed by atoms with Crippen LogP contribution in [0.5, 0.6) is 0 Å². The fourth-order valence-electron chi connectivity index (χ4n) is 7.11. The third-order valence-electron chi connectivity index (χ3n) is 8.87. The van der Waals surface area contributed by atoms with E-state index in [2.05, 4.69) is 10.5 Å². The number of amides is 1. The van der Waals surface area contributed by atoms with Crippen molar-refractivity contribution in [3.8, 4) is 0 Å². The minimum atomic E-state index is -2.45. The van der Waals surface area contributed by atoms with Gasteiger partial charge in [0, 0.05) is 9.53 Å². The van der Waals surface area contributed by atoms with E-state index in [1.807, 2.05) is 34.1 Å². The minimum absolute atomic E-state index is 0.00440. The zero-order valence-corrected chi connectivity index (χ0v) is 21.0. The van der Waals surface area contributed by atoms with Gasteiger partial charge < -0.3 is 19.8 Å². The molecule has 0 spiro atoms. The number of likely N-dealkylation sites (N-methyl/N-ethyl adjacent to an activating group) is 1. The highest BCUT2D eigenvalue weighted by atomic mass is 16.3. The number of nitrogens with one attached hydrogen (secondary N) is 1. The molecule has 190 valence electrons. The largest absolute Gasteiger partial charge is 0.393 e. The van der Waals surface area contributed by atoms with Gasteiger partial charge in [-0.25, -0.2) is 5.43 Å². The van der Waals surface area contributed by atoms with Crippen molar-refractivity contribution in [3.63, 3.8) is 0 Å². The molecular weight excluding hydrogens is 434 g/mol. The maximum atomic E-state index is 12.7. The van der Waals surface area contributed by atoms with E-state index in [0.717, 1.165) is 5.57 Å². The molecule has 3 saturated carbocycles. The molecule has 7 atom stereocenters. The molecule has 4 N–H and O–H groups in total. The van der Waals surface area contributed by atoms with Gasteiger partial charge in [-0.1, -0.05) is 19.4 Å². The molecule has 34 heavy (non-hydrogen) atoms. The molecular formula is C26H42N3O5+. The Morgan fingerprint density at radius 1 is 1.26 bits per heavy atom. The summed E-state index contributed by atoms with van der Waals surface area (Å²) in [5.41, 5.74) is -0.382. The SMILES string of the molecule is [2H]C1([2H])[C@H](O)[C@@]2([2H])[C@@H](CCC3=C/C(=N\NC(=O)C[N+](C)(C)C)CC[C@@]32C)[C@@H]2CC[C@](O)(C(=O)CO)[C@]21C. The molecule has 3 fully saturated rings. The van der Waals surface area contributed by atoms with Crippen LogP contribution in [0.1, 0.15) is 62.9 Å². The van der Waals surface area contributed by atoms with Gasteiger partial charge in [0.2, 0.25) is 0 Å². The van der Waals surface area contributed by atoms with Crippen molar-refractivity contribution in [2.24, 2.45) is 33.7 Å². The number of aliphatic hydroxyl groups excluding tert-OH is 2. The first-order valence-electron chi connectivity index (χ1n) is 13.8.